The number of carbonyl (C=O) groups is 1. The molecule has 1 amide bonds. The number of likely N-dealkylation sites (N-methyl/N-ethyl adjacent to an activating group) is 1. The van der Waals surface area contributed by atoms with E-state index >= 15 is 0 Å². The first-order chi connectivity index (χ1) is 12.7. The number of thioether (sulfide) groups is 1. The van der Waals surface area contributed by atoms with Crippen LogP contribution in [0.15, 0.2) is 36.7 Å². The van der Waals surface area contributed by atoms with Gasteiger partial charge in [0.15, 0.2) is 0 Å². The Bertz CT molecular complexity index is 730. The summed E-state index contributed by atoms with van der Waals surface area (Å²) >= 11 is 2.05. The predicted octanol–water partition coefficient (Wildman–Crippen LogP) is 4.31. The zero-order chi connectivity index (χ0) is 18.4. The first-order valence-electron chi connectivity index (χ1n) is 9.33. The second kappa shape index (κ2) is 10.7. The smallest absolute Gasteiger partial charge is 0.246 e. The number of hydrogen-bond acceptors (Lipinski definition) is 4. The molecule has 0 aliphatic heterocycles. The maximum atomic E-state index is 12.7. The average molecular weight is 409 g/mol. The van der Waals surface area contributed by atoms with E-state index in [9.17, 15) is 4.79 Å². The van der Waals surface area contributed by atoms with Crippen LogP contribution in [0.25, 0.3) is 0 Å². The molecule has 3 rings (SSSR count). The normalized spacial score (nSPS) is 15.8. The number of aryl methyl sites for hydroxylation is 1. The lowest BCUT2D eigenvalue weighted by atomic mass is 10.0. The lowest BCUT2D eigenvalue weighted by Crippen LogP contribution is -2.30. The number of aromatic nitrogens is 2. The molecule has 1 aliphatic carbocycles. The van der Waals surface area contributed by atoms with Gasteiger partial charge in [0.1, 0.15) is 6.04 Å². The third-order valence-electron chi connectivity index (χ3n) is 4.84. The molecule has 0 saturated heterocycles. The van der Waals surface area contributed by atoms with E-state index in [0.29, 0.717) is 0 Å². The topological polar surface area (TPSA) is 59.0 Å². The summed E-state index contributed by atoms with van der Waals surface area (Å²) in [5.41, 5.74) is 2.97. The number of halogens is 1. The van der Waals surface area contributed by atoms with Gasteiger partial charge in [-0.2, -0.15) is 16.9 Å². The maximum Gasteiger partial charge on any atom is 0.246 e. The van der Waals surface area contributed by atoms with E-state index in [1.165, 1.54) is 37.7 Å². The molecule has 1 unspecified atom stereocenters. The number of nitrogens with zero attached hydrogens (tertiary/aromatic N) is 2. The Balaban J connectivity index is 0.00000261. The van der Waals surface area contributed by atoms with Crippen molar-refractivity contribution in [2.75, 3.05) is 12.4 Å². The second-order valence-electron chi connectivity index (χ2n) is 6.93. The van der Waals surface area contributed by atoms with Gasteiger partial charge in [-0.1, -0.05) is 31.4 Å². The van der Waals surface area contributed by atoms with Crippen LogP contribution in [0, 0.1) is 0 Å². The molecule has 1 saturated carbocycles. The van der Waals surface area contributed by atoms with E-state index < -0.39 is 6.04 Å². The van der Waals surface area contributed by atoms with Crippen molar-refractivity contribution in [3.05, 3.63) is 47.8 Å². The Morgan fingerprint density at radius 2 is 2.11 bits per heavy atom. The monoisotopic (exact) mass is 408 g/mol. The molecule has 1 atom stereocenters. The second-order valence-corrected chi connectivity index (χ2v) is 8.22. The maximum absolute atomic E-state index is 12.7. The van der Waals surface area contributed by atoms with Crippen LogP contribution in [-0.2, 0) is 17.6 Å². The Labute approximate surface area is 172 Å². The summed E-state index contributed by atoms with van der Waals surface area (Å²) in [6, 6.07) is 7.78. The summed E-state index contributed by atoms with van der Waals surface area (Å²) < 4.78 is 1.70. The molecule has 0 bridgehead atoms. The summed E-state index contributed by atoms with van der Waals surface area (Å²) in [7, 11) is 3.63. The molecule has 1 aliphatic rings. The summed E-state index contributed by atoms with van der Waals surface area (Å²) in [6.45, 7) is 0. The summed E-state index contributed by atoms with van der Waals surface area (Å²) in [5, 5.41) is 11.0. The molecule has 2 N–H and O–H groups in total. The molecule has 0 radical (unpaired) electrons. The lowest BCUT2D eigenvalue weighted by molar-refractivity contribution is -0.118. The Morgan fingerprint density at radius 3 is 2.78 bits per heavy atom. The van der Waals surface area contributed by atoms with Crippen LogP contribution >= 0.6 is 24.2 Å². The third-order valence-corrected chi connectivity index (χ3v) is 6.28. The number of carbonyl (C=O) groups excluding carboxylic acids is 1. The quantitative estimate of drug-likeness (QED) is 0.716. The van der Waals surface area contributed by atoms with Gasteiger partial charge < -0.3 is 10.6 Å². The highest BCUT2D eigenvalue weighted by molar-refractivity contribution is 7.99. The Kier molecular flexibility index (Phi) is 8.67. The molecular weight excluding hydrogens is 380 g/mol. The molecule has 5 nitrogen and oxygen atoms in total. The van der Waals surface area contributed by atoms with Gasteiger partial charge >= 0.3 is 0 Å². The average Bonchev–Trinajstić information content (AvgIpc) is 3.08. The van der Waals surface area contributed by atoms with Gasteiger partial charge in [0.05, 0.1) is 6.20 Å². The summed E-state index contributed by atoms with van der Waals surface area (Å²) in [4.78, 5) is 12.7. The van der Waals surface area contributed by atoms with Crippen LogP contribution < -0.4 is 10.6 Å². The standard InChI is InChI=1S/C20H28N4OS.ClH/c1-21-19(16-12-22-24(2)13-16)20(25)23-17-8-6-7-15(11-17)14-26-18-9-4-3-5-10-18;/h6-8,11-13,18-19,21H,3-5,9-10,14H2,1-2H3,(H,23,25);1H. The SMILES string of the molecule is CNC(C(=O)Nc1cccc(CSC2CCCCC2)c1)c1cnn(C)c1.Cl. The number of nitrogens with one attached hydrogen (secondary N) is 2. The van der Waals surface area contributed by atoms with E-state index in [-0.39, 0.29) is 18.3 Å². The fourth-order valence-electron chi connectivity index (χ4n) is 3.44. The van der Waals surface area contributed by atoms with Gasteiger partial charge in [0, 0.05) is 35.5 Å². The van der Waals surface area contributed by atoms with Crippen LogP contribution in [0.3, 0.4) is 0 Å². The zero-order valence-corrected chi connectivity index (χ0v) is 17.6. The van der Waals surface area contributed by atoms with Crippen molar-refractivity contribution in [1.82, 2.24) is 15.1 Å². The number of benzene rings is 1. The Hall–Kier alpha value is -1.50. The molecule has 1 aromatic heterocycles. The van der Waals surface area contributed by atoms with Crippen LogP contribution in [-0.4, -0.2) is 28.0 Å². The number of anilines is 1. The minimum absolute atomic E-state index is 0. The van der Waals surface area contributed by atoms with Crippen LogP contribution in [0.4, 0.5) is 5.69 Å². The molecule has 7 heteroatoms. The molecule has 0 spiro atoms. The zero-order valence-electron chi connectivity index (χ0n) is 16.0. The van der Waals surface area contributed by atoms with E-state index in [2.05, 4.69) is 39.6 Å². The van der Waals surface area contributed by atoms with Crippen molar-refractivity contribution in [3.8, 4) is 0 Å². The molecule has 2 aromatic rings. The van der Waals surface area contributed by atoms with Gasteiger partial charge in [0.25, 0.3) is 0 Å². The van der Waals surface area contributed by atoms with Crippen molar-refractivity contribution in [1.29, 1.82) is 0 Å². The number of hydrogen-bond donors (Lipinski definition) is 2. The highest BCUT2D eigenvalue weighted by Gasteiger charge is 2.20. The fourth-order valence-corrected chi connectivity index (χ4v) is 4.71. The molecule has 1 fully saturated rings. The largest absolute Gasteiger partial charge is 0.324 e. The molecule has 1 aromatic carbocycles. The highest BCUT2D eigenvalue weighted by atomic mass is 35.5. The molecular formula is C20H29ClN4OS. The number of rotatable bonds is 7. The predicted molar refractivity (Wildman–Crippen MR) is 115 cm³/mol. The summed E-state index contributed by atoms with van der Waals surface area (Å²) in [5.74, 6) is 0.935. The van der Waals surface area contributed by atoms with Crippen molar-refractivity contribution in [3.63, 3.8) is 0 Å². The first-order valence-corrected chi connectivity index (χ1v) is 10.4. The molecule has 148 valence electrons. The van der Waals surface area contributed by atoms with Crippen molar-refractivity contribution >= 4 is 35.8 Å². The number of amides is 1. The van der Waals surface area contributed by atoms with Crippen molar-refractivity contribution < 1.29 is 4.79 Å². The van der Waals surface area contributed by atoms with Crippen LogP contribution in [0.2, 0.25) is 0 Å². The lowest BCUT2D eigenvalue weighted by Gasteiger charge is -2.21. The third kappa shape index (κ3) is 6.26. The highest BCUT2D eigenvalue weighted by Crippen LogP contribution is 2.31. The first kappa shape index (κ1) is 21.8. The van der Waals surface area contributed by atoms with Crippen LogP contribution in [0.1, 0.15) is 49.3 Å². The minimum atomic E-state index is -0.413. The van der Waals surface area contributed by atoms with E-state index in [0.717, 1.165) is 22.3 Å². The van der Waals surface area contributed by atoms with Crippen molar-refractivity contribution in [2.24, 2.45) is 7.05 Å². The molecule has 27 heavy (non-hydrogen) atoms. The Morgan fingerprint density at radius 1 is 1.33 bits per heavy atom. The van der Waals surface area contributed by atoms with Gasteiger partial charge in [-0.25, -0.2) is 0 Å². The van der Waals surface area contributed by atoms with E-state index in [1.807, 2.05) is 25.4 Å². The van der Waals surface area contributed by atoms with Gasteiger partial charge in [0.2, 0.25) is 5.91 Å². The summed E-state index contributed by atoms with van der Waals surface area (Å²) in [6.07, 6.45) is 10.4. The van der Waals surface area contributed by atoms with E-state index in [4.69, 9.17) is 0 Å². The van der Waals surface area contributed by atoms with Gasteiger partial charge in [-0.3, -0.25) is 9.48 Å². The van der Waals surface area contributed by atoms with Crippen LogP contribution in [0.5, 0.6) is 0 Å². The van der Waals surface area contributed by atoms with E-state index in [1.54, 1.807) is 17.9 Å². The molecule has 1 heterocycles. The minimum Gasteiger partial charge on any atom is -0.324 e. The van der Waals surface area contributed by atoms with Crippen molar-refractivity contribution in [2.45, 2.75) is 49.1 Å². The van der Waals surface area contributed by atoms with Gasteiger partial charge in [-0.05, 0) is 37.6 Å². The fraction of sp³-hybridized carbons (Fsp3) is 0.500. The van der Waals surface area contributed by atoms with Gasteiger partial charge in [-0.15, -0.1) is 12.4 Å².